The standard InChI is InChI=1S/C17H22N2O4/c1-11(9-18-10-14(20)23-17(2,3)4)19-15(21)12-7-5-6-8-13(12)16(19)22/h5-8,11,18H,9-10H2,1-4H3/t11-/m1/s1. The van der Waals surface area contributed by atoms with Crippen molar-refractivity contribution in [2.45, 2.75) is 39.3 Å². The fraction of sp³-hybridized carbons (Fsp3) is 0.471. The van der Waals surface area contributed by atoms with Gasteiger partial charge in [-0.05, 0) is 39.8 Å². The van der Waals surface area contributed by atoms with E-state index >= 15 is 0 Å². The van der Waals surface area contributed by atoms with Crippen molar-refractivity contribution in [1.82, 2.24) is 10.2 Å². The average molecular weight is 318 g/mol. The number of hydrogen-bond acceptors (Lipinski definition) is 5. The fourth-order valence-electron chi connectivity index (χ4n) is 2.46. The summed E-state index contributed by atoms with van der Waals surface area (Å²) in [5, 5.41) is 2.93. The molecule has 1 aliphatic rings. The molecule has 1 N–H and O–H groups in total. The minimum atomic E-state index is -0.535. The van der Waals surface area contributed by atoms with Crippen LogP contribution in [0.25, 0.3) is 0 Å². The lowest BCUT2D eigenvalue weighted by Crippen LogP contribution is -2.45. The molecule has 1 aromatic carbocycles. The Morgan fingerprint density at radius 2 is 1.70 bits per heavy atom. The zero-order valence-corrected chi connectivity index (χ0v) is 13.9. The number of ether oxygens (including phenoxy) is 1. The minimum Gasteiger partial charge on any atom is -0.459 e. The predicted molar refractivity (Wildman–Crippen MR) is 85.1 cm³/mol. The van der Waals surface area contributed by atoms with Gasteiger partial charge in [0.1, 0.15) is 5.60 Å². The van der Waals surface area contributed by atoms with Gasteiger partial charge in [-0.2, -0.15) is 0 Å². The lowest BCUT2D eigenvalue weighted by Gasteiger charge is -2.23. The first kappa shape index (κ1) is 17.1. The van der Waals surface area contributed by atoms with E-state index in [2.05, 4.69) is 5.32 Å². The van der Waals surface area contributed by atoms with Gasteiger partial charge in [-0.15, -0.1) is 0 Å². The molecule has 23 heavy (non-hydrogen) atoms. The Morgan fingerprint density at radius 1 is 1.17 bits per heavy atom. The Balaban J connectivity index is 1.90. The van der Waals surface area contributed by atoms with Gasteiger partial charge in [0.05, 0.1) is 17.7 Å². The van der Waals surface area contributed by atoms with E-state index < -0.39 is 5.60 Å². The molecule has 0 spiro atoms. The van der Waals surface area contributed by atoms with Crippen LogP contribution < -0.4 is 5.32 Å². The maximum atomic E-state index is 12.3. The van der Waals surface area contributed by atoms with Crippen LogP contribution >= 0.6 is 0 Å². The van der Waals surface area contributed by atoms with Gasteiger partial charge in [-0.3, -0.25) is 19.3 Å². The van der Waals surface area contributed by atoms with Crippen molar-refractivity contribution in [3.05, 3.63) is 35.4 Å². The number of hydrogen-bond donors (Lipinski definition) is 1. The van der Waals surface area contributed by atoms with Crippen LogP contribution in [0.5, 0.6) is 0 Å². The summed E-state index contributed by atoms with van der Waals surface area (Å²) in [6.45, 7) is 7.52. The van der Waals surface area contributed by atoms with E-state index in [0.29, 0.717) is 17.7 Å². The number of rotatable bonds is 5. The van der Waals surface area contributed by atoms with Gasteiger partial charge in [0.25, 0.3) is 11.8 Å². The third-order valence-electron chi connectivity index (χ3n) is 3.40. The molecule has 0 saturated carbocycles. The van der Waals surface area contributed by atoms with E-state index in [1.807, 2.05) is 0 Å². The van der Waals surface area contributed by atoms with Crippen molar-refractivity contribution in [3.63, 3.8) is 0 Å². The summed E-state index contributed by atoms with van der Waals surface area (Å²) in [7, 11) is 0. The summed E-state index contributed by atoms with van der Waals surface area (Å²) < 4.78 is 5.19. The first-order valence-electron chi connectivity index (χ1n) is 7.60. The van der Waals surface area contributed by atoms with Crippen molar-refractivity contribution in [2.75, 3.05) is 13.1 Å². The topological polar surface area (TPSA) is 75.7 Å². The number of amides is 2. The van der Waals surface area contributed by atoms with E-state index in [1.54, 1.807) is 52.0 Å². The summed E-state index contributed by atoms with van der Waals surface area (Å²) in [6.07, 6.45) is 0. The van der Waals surface area contributed by atoms with Gasteiger partial charge < -0.3 is 10.1 Å². The fourth-order valence-corrected chi connectivity index (χ4v) is 2.46. The van der Waals surface area contributed by atoms with Crippen molar-refractivity contribution < 1.29 is 19.1 Å². The van der Waals surface area contributed by atoms with E-state index in [4.69, 9.17) is 4.74 Å². The highest BCUT2D eigenvalue weighted by Crippen LogP contribution is 2.24. The highest BCUT2D eigenvalue weighted by molar-refractivity contribution is 6.21. The van der Waals surface area contributed by atoms with Gasteiger partial charge in [-0.25, -0.2) is 0 Å². The average Bonchev–Trinajstić information content (AvgIpc) is 2.69. The van der Waals surface area contributed by atoms with E-state index in [0.717, 1.165) is 0 Å². The third kappa shape index (κ3) is 3.96. The number of benzene rings is 1. The number of esters is 1. The van der Waals surface area contributed by atoms with Crippen LogP contribution in [0.1, 0.15) is 48.4 Å². The van der Waals surface area contributed by atoms with Crippen molar-refractivity contribution in [1.29, 1.82) is 0 Å². The molecular formula is C17H22N2O4. The van der Waals surface area contributed by atoms with E-state index in [-0.39, 0.29) is 30.4 Å². The molecule has 0 radical (unpaired) electrons. The van der Waals surface area contributed by atoms with Crippen LogP contribution in [0.3, 0.4) is 0 Å². The number of fused-ring (bicyclic) bond motifs is 1. The molecule has 1 aromatic rings. The Kier molecular flexibility index (Phi) is 4.85. The molecule has 0 fully saturated rings. The van der Waals surface area contributed by atoms with Crippen LogP contribution in [-0.2, 0) is 9.53 Å². The molecule has 2 rings (SSSR count). The van der Waals surface area contributed by atoms with Crippen LogP contribution in [-0.4, -0.2) is 47.4 Å². The summed E-state index contributed by atoms with van der Waals surface area (Å²) in [5.41, 5.74) is 0.320. The molecule has 2 amide bonds. The molecule has 6 heteroatoms. The smallest absolute Gasteiger partial charge is 0.320 e. The summed E-state index contributed by atoms with van der Waals surface area (Å²) >= 11 is 0. The Morgan fingerprint density at radius 3 is 2.17 bits per heavy atom. The second kappa shape index (κ2) is 6.50. The zero-order chi connectivity index (χ0) is 17.2. The largest absolute Gasteiger partial charge is 0.459 e. The molecule has 0 aromatic heterocycles. The van der Waals surface area contributed by atoms with Crippen LogP contribution in [0, 0.1) is 0 Å². The second-order valence-corrected chi connectivity index (χ2v) is 6.59. The van der Waals surface area contributed by atoms with Gasteiger partial charge in [-0.1, -0.05) is 12.1 Å². The lowest BCUT2D eigenvalue weighted by atomic mass is 10.1. The SMILES string of the molecule is C[C@H](CNCC(=O)OC(C)(C)C)N1C(=O)c2ccccc2C1=O. The monoisotopic (exact) mass is 318 g/mol. The molecule has 0 bridgehead atoms. The summed E-state index contributed by atoms with van der Waals surface area (Å²) in [6, 6.07) is 6.41. The first-order chi connectivity index (χ1) is 10.7. The van der Waals surface area contributed by atoms with Crippen molar-refractivity contribution >= 4 is 17.8 Å². The van der Waals surface area contributed by atoms with Crippen LogP contribution in [0.2, 0.25) is 0 Å². The van der Waals surface area contributed by atoms with E-state index in [1.165, 1.54) is 4.90 Å². The van der Waals surface area contributed by atoms with Gasteiger partial charge in [0.15, 0.2) is 0 Å². The minimum absolute atomic E-state index is 0.0325. The Hall–Kier alpha value is -2.21. The molecular weight excluding hydrogens is 296 g/mol. The first-order valence-corrected chi connectivity index (χ1v) is 7.60. The van der Waals surface area contributed by atoms with Crippen LogP contribution in [0.4, 0.5) is 0 Å². The molecule has 1 aliphatic heterocycles. The molecule has 0 unspecified atom stereocenters. The molecule has 6 nitrogen and oxygen atoms in total. The Labute approximate surface area is 135 Å². The molecule has 1 heterocycles. The maximum Gasteiger partial charge on any atom is 0.320 e. The second-order valence-electron chi connectivity index (χ2n) is 6.59. The normalized spacial score (nSPS) is 15.6. The quantitative estimate of drug-likeness (QED) is 0.659. The van der Waals surface area contributed by atoms with E-state index in [9.17, 15) is 14.4 Å². The highest BCUT2D eigenvalue weighted by Gasteiger charge is 2.37. The third-order valence-corrected chi connectivity index (χ3v) is 3.40. The molecule has 0 saturated heterocycles. The number of nitrogens with zero attached hydrogens (tertiary/aromatic N) is 1. The van der Waals surface area contributed by atoms with Crippen molar-refractivity contribution in [3.8, 4) is 0 Å². The zero-order valence-electron chi connectivity index (χ0n) is 13.9. The van der Waals surface area contributed by atoms with Gasteiger partial charge in [0.2, 0.25) is 0 Å². The van der Waals surface area contributed by atoms with Crippen LogP contribution in [0.15, 0.2) is 24.3 Å². The lowest BCUT2D eigenvalue weighted by molar-refractivity contribution is -0.153. The highest BCUT2D eigenvalue weighted by atomic mass is 16.6. The molecule has 124 valence electrons. The van der Waals surface area contributed by atoms with Gasteiger partial charge in [0, 0.05) is 12.6 Å². The predicted octanol–water partition coefficient (Wildman–Crippen LogP) is 1.60. The number of carbonyl (C=O) groups excluding carboxylic acids is 3. The Bertz CT molecular complexity index is 599. The summed E-state index contributed by atoms with van der Waals surface area (Å²) in [4.78, 5) is 37.5. The number of imide groups is 1. The molecule has 0 aliphatic carbocycles. The van der Waals surface area contributed by atoms with Gasteiger partial charge >= 0.3 is 5.97 Å². The molecule has 1 atom stereocenters. The number of nitrogens with one attached hydrogen (secondary N) is 1. The van der Waals surface area contributed by atoms with Crippen molar-refractivity contribution in [2.24, 2.45) is 0 Å². The summed E-state index contributed by atoms with van der Waals surface area (Å²) in [5.74, 6) is -0.957. The maximum absolute atomic E-state index is 12.3. The number of carbonyl (C=O) groups is 3.